The second kappa shape index (κ2) is 9.32. The van der Waals surface area contributed by atoms with E-state index in [1.54, 1.807) is 23.3 Å². The first kappa shape index (κ1) is 22.3. The van der Waals surface area contributed by atoms with Gasteiger partial charge in [0.2, 0.25) is 0 Å². The first-order chi connectivity index (χ1) is 16.0. The van der Waals surface area contributed by atoms with Gasteiger partial charge in [-0.3, -0.25) is 14.8 Å². The van der Waals surface area contributed by atoms with Crippen LogP contribution in [0.4, 0.5) is 11.4 Å². The Kier molecular flexibility index (Phi) is 6.30. The van der Waals surface area contributed by atoms with Gasteiger partial charge < -0.3 is 10.2 Å². The highest BCUT2D eigenvalue weighted by molar-refractivity contribution is 6.70. The molecule has 0 unspecified atom stereocenters. The zero-order chi connectivity index (χ0) is 23.5. The van der Waals surface area contributed by atoms with E-state index in [-0.39, 0.29) is 11.6 Å². The van der Waals surface area contributed by atoms with Crippen molar-refractivity contribution in [3.8, 4) is 11.4 Å². The summed E-state index contributed by atoms with van der Waals surface area (Å²) in [4.78, 5) is 33.2. The lowest BCUT2D eigenvalue weighted by atomic mass is 10.1. The van der Waals surface area contributed by atoms with Crippen molar-refractivity contribution in [2.24, 2.45) is 10.1 Å². The Hall–Kier alpha value is -3.88. The third-order valence-electron chi connectivity index (χ3n) is 5.61. The van der Waals surface area contributed by atoms with Crippen molar-refractivity contribution in [2.45, 2.75) is 34.6 Å². The van der Waals surface area contributed by atoms with Gasteiger partial charge in [-0.15, -0.1) is 0 Å². The van der Waals surface area contributed by atoms with Crippen LogP contribution >= 0.6 is 0 Å². The van der Waals surface area contributed by atoms with E-state index in [9.17, 15) is 4.79 Å². The highest BCUT2D eigenvalue weighted by Crippen LogP contribution is 2.29. The molecule has 1 aliphatic heterocycles. The molecule has 0 bridgehead atoms. The number of hydrogen-bond acceptors (Lipinski definition) is 7. The van der Waals surface area contributed by atoms with Gasteiger partial charge in [-0.05, 0) is 58.4 Å². The molecule has 1 aliphatic rings. The van der Waals surface area contributed by atoms with Crippen molar-refractivity contribution < 1.29 is 4.79 Å². The van der Waals surface area contributed by atoms with Gasteiger partial charge in [0.15, 0.2) is 11.5 Å². The van der Waals surface area contributed by atoms with E-state index in [1.807, 2.05) is 26.8 Å². The highest BCUT2D eigenvalue weighted by Gasteiger charge is 2.33. The minimum Gasteiger partial charge on any atom is -0.372 e. The fourth-order valence-electron chi connectivity index (χ4n) is 3.86. The number of carbonyl (C=O) groups excluding carboxylic acids is 1. The molecule has 0 spiro atoms. The predicted molar refractivity (Wildman–Crippen MR) is 130 cm³/mol. The van der Waals surface area contributed by atoms with Gasteiger partial charge in [0.25, 0.3) is 5.91 Å². The lowest BCUT2D eigenvalue weighted by Gasteiger charge is -2.21. The van der Waals surface area contributed by atoms with E-state index in [0.29, 0.717) is 29.5 Å². The van der Waals surface area contributed by atoms with E-state index in [1.165, 1.54) is 0 Å². The quantitative estimate of drug-likeness (QED) is 0.603. The summed E-state index contributed by atoms with van der Waals surface area (Å²) < 4.78 is 1.66. The molecule has 0 radical (unpaired) electrons. The third-order valence-corrected chi connectivity index (χ3v) is 5.61. The molecule has 33 heavy (non-hydrogen) atoms. The number of fused-ring (bicyclic) bond motifs is 1. The second-order valence-corrected chi connectivity index (χ2v) is 7.68. The molecule has 0 fully saturated rings. The molecule has 9 nitrogen and oxygen atoms in total. The van der Waals surface area contributed by atoms with Crippen LogP contribution in [0, 0.1) is 13.8 Å². The number of anilines is 1. The Morgan fingerprint density at radius 3 is 2.58 bits per heavy atom. The third kappa shape index (κ3) is 4.13. The lowest BCUT2D eigenvalue weighted by Crippen LogP contribution is -2.34. The van der Waals surface area contributed by atoms with Gasteiger partial charge >= 0.3 is 0 Å². The molecule has 4 rings (SSSR count). The van der Waals surface area contributed by atoms with Crippen LogP contribution in [0.3, 0.4) is 0 Å². The maximum atomic E-state index is 12.8. The summed E-state index contributed by atoms with van der Waals surface area (Å²) in [5.74, 6) is 0.237. The van der Waals surface area contributed by atoms with Crippen LogP contribution in [0.25, 0.3) is 11.4 Å². The summed E-state index contributed by atoms with van der Waals surface area (Å²) in [6.07, 6.45) is 4.90. The fraction of sp³-hybridized carbons (Fsp3) is 0.333. The van der Waals surface area contributed by atoms with Gasteiger partial charge in [0.1, 0.15) is 17.1 Å². The van der Waals surface area contributed by atoms with Crippen molar-refractivity contribution in [1.29, 1.82) is 0 Å². The van der Waals surface area contributed by atoms with Crippen molar-refractivity contribution in [2.75, 3.05) is 24.5 Å². The van der Waals surface area contributed by atoms with E-state index >= 15 is 0 Å². The van der Waals surface area contributed by atoms with Crippen LogP contribution in [0.1, 0.15) is 37.9 Å². The number of hydrogen-bond donors (Lipinski definition) is 1. The average molecular weight is 445 g/mol. The van der Waals surface area contributed by atoms with Crippen LogP contribution in [0.5, 0.6) is 0 Å². The van der Waals surface area contributed by atoms with Gasteiger partial charge in [0, 0.05) is 37.7 Å². The van der Waals surface area contributed by atoms with Gasteiger partial charge in [-0.25, -0.2) is 14.7 Å². The Morgan fingerprint density at radius 2 is 1.94 bits per heavy atom. The average Bonchev–Trinajstić information content (AvgIpc) is 3.34. The van der Waals surface area contributed by atoms with Crippen molar-refractivity contribution >= 4 is 28.7 Å². The molecule has 3 aromatic rings. The second-order valence-electron chi connectivity index (χ2n) is 7.68. The van der Waals surface area contributed by atoms with Crippen LogP contribution < -0.4 is 10.2 Å². The van der Waals surface area contributed by atoms with E-state index < -0.39 is 0 Å². The van der Waals surface area contributed by atoms with E-state index in [0.717, 1.165) is 35.7 Å². The smallest absolute Gasteiger partial charge is 0.274 e. The van der Waals surface area contributed by atoms with Crippen LogP contribution in [-0.2, 0) is 4.79 Å². The zero-order valence-electron chi connectivity index (χ0n) is 19.6. The zero-order valence-corrected chi connectivity index (χ0v) is 19.6. The summed E-state index contributed by atoms with van der Waals surface area (Å²) in [5, 5.41) is 7.39. The molecule has 9 heteroatoms. The Balaban J connectivity index is 1.82. The minimum atomic E-state index is -0.278. The largest absolute Gasteiger partial charge is 0.372 e. The molecule has 170 valence electrons. The SMILES string of the molecule is CCNC(=O)C1=Nn2c(nc(-c3cnccn3)c2C)C1=Nc1ccc(N(CC)CC)cc1C. The van der Waals surface area contributed by atoms with Gasteiger partial charge in [-0.1, -0.05) is 0 Å². The van der Waals surface area contributed by atoms with Crippen LogP contribution in [0.2, 0.25) is 0 Å². The Morgan fingerprint density at radius 1 is 1.15 bits per heavy atom. The first-order valence-electron chi connectivity index (χ1n) is 11.2. The monoisotopic (exact) mass is 444 g/mol. The molecule has 0 saturated heterocycles. The number of aryl methyl sites for hydroxylation is 1. The molecular weight excluding hydrogens is 416 g/mol. The molecule has 1 aromatic carbocycles. The molecule has 1 N–H and O–H groups in total. The number of carbonyl (C=O) groups is 1. The van der Waals surface area contributed by atoms with Crippen molar-refractivity contribution in [3.05, 3.63) is 53.9 Å². The summed E-state index contributed by atoms with van der Waals surface area (Å²) in [7, 11) is 0. The highest BCUT2D eigenvalue weighted by atomic mass is 16.2. The standard InChI is InChI=1S/C24H28N8O/c1-6-26-24(33)22-21(28-18-10-9-17(13-15(18)4)31(7-2)8-3)23-29-20(16(5)32(23)30-22)19-14-25-11-12-27-19/h9-14H,6-8H2,1-5H3,(H,26,33). The summed E-state index contributed by atoms with van der Waals surface area (Å²) in [5.41, 5.74) is 5.70. The van der Waals surface area contributed by atoms with Crippen LogP contribution in [-0.4, -0.2) is 56.6 Å². The van der Waals surface area contributed by atoms with E-state index in [2.05, 4.69) is 51.3 Å². The molecular formula is C24H28N8O. The molecule has 2 aromatic heterocycles. The number of imidazole rings is 1. The summed E-state index contributed by atoms with van der Waals surface area (Å²) in [6.45, 7) is 12.4. The Bertz CT molecular complexity index is 1240. The maximum Gasteiger partial charge on any atom is 0.274 e. The van der Waals surface area contributed by atoms with E-state index in [4.69, 9.17) is 9.98 Å². The number of benzene rings is 1. The topological polar surface area (TPSA) is 101 Å². The van der Waals surface area contributed by atoms with Gasteiger partial charge in [-0.2, -0.15) is 5.10 Å². The van der Waals surface area contributed by atoms with Gasteiger partial charge in [0.05, 0.1) is 17.6 Å². The number of amides is 1. The van der Waals surface area contributed by atoms with Crippen molar-refractivity contribution in [1.82, 2.24) is 24.9 Å². The number of aliphatic imine (C=N–C) groups is 1. The number of nitrogens with zero attached hydrogens (tertiary/aromatic N) is 7. The predicted octanol–water partition coefficient (Wildman–Crippen LogP) is 3.28. The normalized spacial score (nSPS) is 13.7. The molecule has 0 saturated carbocycles. The van der Waals surface area contributed by atoms with Crippen molar-refractivity contribution in [3.63, 3.8) is 0 Å². The number of aromatic nitrogens is 4. The molecule has 0 atom stereocenters. The summed E-state index contributed by atoms with van der Waals surface area (Å²) >= 11 is 0. The summed E-state index contributed by atoms with van der Waals surface area (Å²) in [6, 6.07) is 6.15. The minimum absolute atomic E-state index is 0.250. The molecule has 0 aliphatic carbocycles. The van der Waals surface area contributed by atoms with Crippen LogP contribution in [0.15, 0.2) is 46.9 Å². The first-order valence-corrected chi connectivity index (χ1v) is 11.2. The Labute approximate surface area is 193 Å². The molecule has 1 amide bonds. The maximum absolute atomic E-state index is 12.8. The number of rotatable bonds is 7. The fourth-order valence-corrected chi connectivity index (χ4v) is 3.86. The lowest BCUT2D eigenvalue weighted by molar-refractivity contribution is -0.114. The number of nitrogens with one attached hydrogen (secondary N) is 1. The molecule has 3 heterocycles.